The van der Waals surface area contributed by atoms with E-state index in [1.54, 1.807) is 41.3 Å². The maximum absolute atomic E-state index is 12.7. The summed E-state index contributed by atoms with van der Waals surface area (Å²) in [5.74, 6) is -0.00137. The fraction of sp³-hybridized carbons (Fsp3) is 0.130. The van der Waals surface area contributed by atoms with Crippen LogP contribution >= 0.6 is 23.4 Å². The van der Waals surface area contributed by atoms with Gasteiger partial charge in [-0.3, -0.25) is 14.5 Å². The third-order valence-electron chi connectivity index (χ3n) is 4.84. The Labute approximate surface area is 194 Å². The van der Waals surface area contributed by atoms with E-state index < -0.39 is 0 Å². The largest absolute Gasteiger partial charge is 0.326 e. The number of hydrogen-bond donors (Lipinski definition) is 1. The average Bonchev–Trinajstić information content (AvgIpc) is 3.24. The molecule has 0 bridgehead atoms. The van der Waals surface area contributed by atoms with Gasteiger partial charge in [0.2, 0.25) is 11.8 Å². The van der Waals surface area contributed by atoms with Crippen molar-refractivity contribution in [1.29, 1.82) is 0 Å². The quantitative estimate of drug-likeness (QED) is 0.407. The average molecular weight is 466 g/mol. The molecule has 0 radical (unpaired) electrons. The van der Waals surface area contributed by atoms with Crippen molar-refractivity contribution in [2.45, 2.75) is 18.2 Å². The van der Waals surface area contributed by atoms with Crippen molar-refractivity contribution in [2.24, 2.45) is 0 Å². The van der Waals surface area contributed by atoms with Crippen LogP contribution in [-0.2, 0) is 16.0 Å². The van der Waals surface area contributed by atoms with Crippen LogP contribution in [0.4, 0.5) is 17.2 Å². The third kappa shape index (κ3) is 4.46. The van der Waals surface area contributed by atoms with Gasteiger partial charge in [-0.1, -0.05) is 29.8 Å². The monoisotopic (exact) mass is 465 g/mol. The minimum absolute atomic E-state index is 0.141. The number of rotatable bonds is 6. The van der Waals surface area contributed by atoms with Crippen molar-refractivity contribution in [2.75, 3.05) is 16.5 Å². The molecule has 4 aromatic rings. The van der Waals surface area contributed by atoms with Crippen molar-refractivity contribution in [3.05, 3.63) is 77.7 Å². The van der Waals surface area contributed by atoms with Crippen LogP contribution in [0.3, 0.4) is 0 Å². The van der Waals surface area contributed by atoms with Crippen molar-refractivity contribution in [3.8, 4) is 0 Å². The second-order valence-corrected chi connectivity index (χ2v) is 8.19. The number of anilines is 3. The van der Waals surface area contributed by atoms with E-state index in [0.29, 0.717) is 22.2 Å². The molecule has 1 N–H and O–H groups in total. The van der Waals surface area contributed by atoms with E-state index in [4.69, 9.17) is 11.6 Å². The summed E-state index contributed by atoms with van der Waals surface area (Å²) in [6.07, 6.45) is 7.16. The molecule has 0 saturated carbocycles. The van der Waals surface area contributed by atoms with Gasteiger partial charge >= 0.3 is 0 Å². The number of nitrogens with zero attached hydrogens (tertiary/aromatic N) is 4. The number of fused-ring (bicyclic) bond motifs is 1. The first-order chi connectivity index (χ1) is 15.5. The predicted molar refractivity (Wildman–Crippen MR) is 128 cm³/mol. The van der Waals surface area contributed by atoms with Crippen molar-refractivity contribution >= 4 is 57.9 Å². The number of thioether (sulfide) groups is 1. The zero-order chi connectivity index (χ0) is 22.7. The number of amides is 2. The molecular weight excluding hydrogens is 446 g/mol. The van der Waals surface area contributed by atoms with E-state index in [2.05, 4.69) is 15.4 Å². The van der Waals surface area contributed by atoms with Crippen LogP contribution < -0.4 is 10.2 Å². The molecule has 162 valence electrons. The van der Waals surface area contributed by atoms with Crippen molar-refractivity contribution < 1.29 is 9.59 Å². The number of aromatic nitrogens is 3. The number of benzene rings is 1. The highest BCUT2D eigenvalue weighted by Crippen LogP contribution is 2.36. The van der Waals surface area contributed by atoms with Gasteiger partial charge < -0.3 is 5.32 Å². The smallest absolute Gasteiger partial charge is 0.229 e. The van der Waals surface area contributed by atoms with Gasteiger partial charge in [0.15, 0.2) is 0 Å². The molecule has 3 aromatic heterocycles. The van der Waals surface area contributed by atoms with Crippen LogP contribution in [0.1, 0.15) is 12.5 Å². The lowest BCUT2D eigenvalue weighted by Gasteiger charge is -2.23. The molecule has 9 heteroatoms. The zero-order valence-electron chi connectivity index (χ0n) is 17.4. The topological polar surface area (TPSA) is 79.6 Å². The van der Waals surface area contributed by atoms with E-state index in [-0.39, 0.29) is 18.2 Å². The van der Waals surface area contributed by atoms with Crippen LogP contribution in [-0.4, -0.2) is 32.7 Å². The number of pyridine rings is 2. The number of nitrogens with one attached hydrogen (secondary N) is 1. The molecule has 0 aliphatic carbocycles. The third-order valence-corrected chi connectivity index (χ3v) is 6.03. The molecule has 0 unspecified atom stereocenters. The first kappa shape index (κ1) is 21.9. The molecule has 0 spiro atoms. The number of carbonyl (C=O) groups excluding carboxylic acids is 2. The summed E-state index contributed by atoms with van der Waals surface area (Å²) in [5, 5.41) is 7.66. The molecule has 1 aromatic carbocycles. The van der Waals surface area contributed by atoms with Gasteiger partial charge in [0.1, 0.15) is 5.82 Å². The first-order valence-electron chi connectivity index (χ1n) is 9.78. The molecule has 32 heavy (non-hydrogen) atoms. The SMILES string of the molecule is CSc1c(N(C(C)=O)c2cc(NC(=O)Cc3ccccc3Cl)ccn2)ccn2nccc12. The molecule has 0 saturated heterocycles. The maximum Gasteiger partial charge on any atom is 0.229 e. The summed E-state index contributed by atoms with van der Waals surface area (Å²) in [6, 6.07) is 14.3. The van der Waals surface area contributed by atoms with Crippen molar-refractivity contribution in [1.82, 2.24) is 14.6 Å². The number of carbonyl (C=O) groups is 2. The first-order valence-corrected chi connectivity index (χ1v) is 11.4. The number of hydrogen-bond acceptors (Lipinski definition) is 5. The van der Waals surface area contributed by atoms with Gasteiger partial charge in [-0.2, -0.15) is 5.10 Å². The summed E-state index contributed by atoms with van der Waals surface area (Å²) in [4.78, 5) is 32.0. The van der Waals surface area contributed by atoms with Gasteiger partial charge in [0, 0.05) is 36.1 Å². The Hall–Kier alpha value is -3.36. The summed E-state index contributed by atoms with van der Waals surface area (Å²) in [7, 11) is 0. The summed E-state index contributed by atoms with van der Waals surface area (Å²) in [6.45, 7) is 1.48. The van der Waals surface area contributed by atoms with Crippen LogP contribution in [0.15, 0.2) is 72.0 Å². The zero-order valence-corrected chi connectivity index (χ0v) is 19.0. The molecule has 3 heterocycles. The summed E-state index contributed by atoms with van der Waals surface area (Å²) >= 11 is 7.68. The normalized spacial score (nSPS) is 10.8. The van der Waals surface area contributed by atoms with Gasteiger partial charge in [0.25, 0.3) is 0 Å². The lowest BCUT2D eigenvalue weighted by molar-refractivity contribution is -0.116. The molecule has 0 atom stereocenters. The van der Waals surface area contributed by atoms with Crippen LogP contribution in [0, 0.1) is 0 Å². The lowest BCUT2D eigenvalue weighted by Crippen LogP contribution is -2.25. The second-order valence-electron chi connectivity index (χ2n) is 6.97. The number of halogens is 1. The van der Waals surface area contributed by atoms with Crippen LogP contribution in [0.2, 0.25) is 5.02 Å². The molecule has 4 rings (SSSR count). The Bertz CT molecular complexity index is 1310. The van der Waals surface area contributed by atoms with Gasteiger partial charge in [0.05, 0.1) is 28.7 Å². The molecule has 0 aliphatic rings. The minimum atomic E-state index is -0.213. The van der Waals surface area contributed by atoms with E-state index >= 15 is 0 Å². The fourth-order valence-corrected chi connectivity index (χ4v) is 4.38. The minimum Gasteiger partial charge on any atom is -0.326 e. The second kappa shape index (κ2) is 9.42. The molecular formula is C23H20ClN5O2S. The van der Waals surface area contributed by atoms with Crippen LogP contribution in [0.5, 0.6) is 0 Å². The van der Waals surface area contributed by atoms with Gasteiger partial charge in [-0.05, 0) is 36.1 Å². The van der Waals surface area contributed by atoms with Crippen LogP contribution in [0.25, 0.3) is 5.52 Å². The summed E-state index contributed by atoms with van der Waals surface area (Å²) in [5.41, 5.74) is 2.87. The highest BCUT2D eigenvalue weighted by molar-refractivity contribution is 7.99. The predicted octanol–water partition coefficient (Wildman–Crippen LogP) is 4.97. The van der Waals surface area contributed by atoms with E-state index in [1.165, 1.54) is 23.6 Å². The lowest BCUT2D eigenvalue weighted by atomic mass is 10.1. The highest BCUT2D eigenvalue weighted by atomic mass is 35.5. The standard InChI is InChI=1S/C23H20ClN5O2S/c1-15(30)29(20-9-12-28-19(8-11-26-28)23(20)32-2)21-14-17(7-10-25-21)27-22(31)13-16-5-3-4-6-18(16)24/h3-12,14H,13H2,1-2H3,(H,25,27,31). The Kier molecular flexibility index (Phi) is 6.43. The van der Waals surface area contributed by atoms with Gasteiger partial charge in [-0.25, -0.2) is 9.50 Å². The Balaban J connectivity index is 1.64. The Morgan fingerprint density at radius 2 is 1.97 bits per heavy atom. The van der Waals surface area contributed by atoms with E-state index in [1.807, 2.05) is 36.6 Å². The van der Waals surface area contributed by atoms with Gasteiger partial charge in [-0.15, -0.1) is 11.8 Å². The van der Waals surface area contributed by atoms with E-state index in [9.17, 15) is 9.59 Å². The maximum atomic E-state index is 12.7. The Morgan fingerprint density at radius 1 is 1.16 bits per heavy atom. The molecule has 0 aliphatic heterocycles. The molecule has 7 nitrogen and oxygen atoms in total. The molecule has 0 fully saturated rings. The van der Waals surface area contributed by atoms with Crippen molar-refractivity contribution in [3.63, 3.8) is 0 Å². The molecule has 2 amide bonds. The van der Waals surface area contributed by atoms with E-state index in [0.717, 1.165) is 16.0 Å². The Morgan fingerprint density at radius 3 is 2.72 bits per heavy atom. The summed E-state index contributed by atoms with van der Waals surface area (Å²) < 4.78 is 1.76. The highest BCUT2D eigenvalue weighted by Gasteiger charge is 2.21. The fourth-order valence-electron chi connectivity index (χ4n) is 3.44.